The van der Waals surface area contributed by atoms with Gasteiger partial charge in [-0.15, -0.1) is 0 Å². The molecule has 0 N–H and O–H groups in total. The maximum absolute atomic E-state index is 13.5. The number of esters is 1. The van der Waals surface area contributed by atoms with Gasteiger partial charge in [-0.2, -0.15) is 0 Å². The third kappa shape index (κ3) is 7.79. The van der Waals surface area contributed by atoms with E-state index in [0.717, 1.165) is 60.3 Å². The number of hydrogen-bond acceptors (Lipinski definition) is 5. The molecule has 0 aromatic heterocycles. The van der Waals surface area contributed by atoms with Crippen LogP contribution in [0.3, 0.4) is 0 Å². The minimum absolute atomic E-state index is 0.0975. The van der Waals surface area contributed by atoms with Crippen molar-refractivity contribution in [2.75, 3.05) is 6.61 Å². The predicted molar refractivity (Wildman–Crippen MR) is 199 cm³/mol. The van der Waals surface area contributed by atoms with Gasteiger partial charge in [0.25, 0.3) is 0 Å². The summed E-state index contributed by atoms with van der Waals surface area (Å²) in [4.78, 5) is 13.3. The number of benzene rings is 2. The Morgan fingerprint density at radius 1 is 0.918 bits per heavy atom. The number of allylic oxidation sites excluding steroid dienone is 1. The first-order valence-electron chi connectivity index (χ1n) is 19.4. The molecule has 4 aliphatic rings. The van der Waals surface area contributed by atoms with Gasteiger partial charge in [-0.05, 0) is 128 Å². The molecule has 268 valence electrons. The minimum Gasteiger partial charge on any atom is -0.458 e. The zero-order valence-electron chi connectivity index (χ0n) is 31.0. The number of carbonyl (C=O) groups excluding carboxylic acids is 1. The molecule has 3 saturated carbocycles. The molecule has 0 saturated heterocycles. The molecule has 6 heteroatoms. The summed E-state index contributed by atoms with van der Waals surface area (Å²) in [6.07, 6.45) is 16.4. The third-order valence-corrected chi connectivity index (χ3v) is 15.3. The van der Waals surface area contributed by atoms with Crippen molar-refractivity contribution in [3.8, 4) is 5.75 Å². The maximum Gasteiger partial charge on any atom is 0.383 e. The summed E-state index contributed by atoms with van der Waals surface area (Å²) in [5.74, 6) is 5.02. The van der Waals surface area contributed by atoms with E-state index in [1.807, 2.05) is 37.3 Å². The van der Waals surface area contributed by atoms with Crippen LogP contribution in [-0.4, -0.2) is 18.7 Å². The first kappa shape index (κ1) is 36.4. The smallest absolute Gasteiger partial charge is 0.383 e. The molecule has 0 radical (unpaired) electrons. The van der Waals surface area contributed by atoms with Gasteiger partial charge < -0.3 is 9.26 Å². The highest BCUT2D eigenvalue weighted by Crippen LogP contribution is 2.67. The van der Waals surface area contributed by atoms with E-state index in [0.29, 0.717) is 16.7 Å². The first-order chi connectivity index (χ1) is 23.4. The number of fused-ring (bicyclic) bond motifs is 5. The highest BCUT2D eigenvalue weighted by atomic mass is 31.2. The first-order valence-corrected chi connectivity index (χ1v) is 21.1. The normalized spacial score (nSPS) is 32.6. The van der Waals surface area contributed by atoms with Gasteiger partial charge in [0.2, 0.25) is 0 Å². The van der Waals surface area contributed by atoms with Crippen molar-refractivity contribution in [1.29, 1.82) is 0 Å². The fourth-order valence-corrected chi connectivity index (χ4v) is 12.6. The van der Waals surface area contributed by atoms with Crippen LogP contribution in [0.5, 0.6) is 5.75 Å². The highest BCUT2D eigenvalue weighted by Gasteiger charge is 2.59. The van der Waals surface area contributed by atoms with E-state index in [1.54, 1.807) is 24.3 Å². The molecule has 0 heterocycles. The summed E-state index contributed by atoms with van der Waals surface area (Å²) in [6, 6.07) is 16.3. The van der Waals surface area contributed by atoms with Gasteiger partial charge >= 0.3 is 13.6 Å². The topological polar surface area (TPSA) is 61.8 Å². The van der Waals surface area contributed by atoms with Crippen LogP contribution in [0.15, 0.2) is 66.2 Å². The van der Waals surface area contributed by atoms with Crippen molar-refractivity contribution in [1.82, 2.24) is 0 Å². The summed E-state index contributed by atoms with van der Waals surface area (Å²) < 4.78 is 31.1. The summed E-state index contributed by atoms with van der Waals surface area (Å²) >= 11 is 0. The van der Waals surface area contributed by atoms with E-state index in [4.69, 9.17) is 13.8 Å². The number of rotatable bonds is 13. The number of ether oxygens (including phenoxy) is 1. The molecule has 0 amide bonds. The second-order valence-electron chi connectivity index (χ2n) is 16.8. The second-order valence-corrected chi connectivity index (χ2v) is 18.8. The Morgan fingerprint density at radius 2 is 1.67 bits per heavy atom. The monoisotopic (exact) mass is 688 g/mol. The Morgan fingerprint density at radius 3 is 2.39 bits per heavy atom. The van der Waals surface area contributed by atoms with Crippen LogP contribution in [-0.2, 0) is 20.0 Å². The molecule has 2 unspecified atom stereocenters. The molecule has 9 atom stereocenters. The molecule has 2 aromatic carbocycles. The fourth-order valence-electron chi connectivity index (χ4n) is 10.9. The lowest BCUT2D eigenvalue weighted by Gasteiger charge is -2.58. The Bertz CT molecular complexity index is 1500. The maximum atomic E-state index is 13.5. The lowest BCUT2D eigenvalue weighted by molar-refractivity contribution is -0.0594. The van der Waals surface area contributed by atoms with Crippen molar-refractivity contribution in [3.05, 3.63) is 77.4 Å². The van der Waals surface area contributed by atoms with Gasteiger partial charge in [-0.3, -0.25) is 4.52 Å². The van der Waals surface area contributed by atoms with E-state index in [9.17, 15) is 9.36 Å². The SMILES string of the molecule is CCOP(=O)(Cc1ccccc1)Oc1ccc(C(=O)O[C@@H]2CC[C@@]3(C)C(=CC[C@@H]4[C@@H]3CC[C@]3(C)C([C@H](C)CCCC(C)C)CC[C@@H]43)C2)cc1. The Labute approximate surface area is 296 Å². The average Bonchev–Trinajstić information content (AvgIpc) is 3.43. The predicted octanol–water partition coefficient (Wildman–Crippen LogP) is 12.1. The van der Waals surface area contributed by atoms with Crippen LogP contribution < -0.4 is 4.52 Å². The molecule has 6 rings (SSSR count). The summed E-state index contributed by atoms with van der Waals surface area (Å²) in [6.45, 7) is 14.6. The quantitative estimate of drug-likeness (QED) is 0.119. The zero-order chi connectivity index (χ0) is 34.8. The highest BCUT2D eigenvalue weighted by molar-refractivity contribution is 7.53. The van der Waals surface area contributed by atoms with Crippen LogP contribution in [0.4, 0.5) is 0 Å². The van der Waals surface area contributed by atoms with Crippen molar-refractivity contribution in [3.63, 3.8) is 0 Å². The molecule has 2 aromatic rings. The van der Waals surface area contributed by atoms with E-state index in [2.05, 4.69) is 40.7 Å². The molecule has 5 nitrogen and oxygen atoms in total. The minimum atomic E-state index is -3.41. The van der Waals surface area contributed by atoms with Gasteiger partial charge in [0.15, 0.2) is 0 Å². The molecular weight excluding hydrogens is 627 g/mol. The van der Waals surface area contributed by atoms with E-state index < -0.39 is 7.60 Å². The molecule has 3 fully saturated rings. The van der Waals surface area contributed by atoms with Gasteiger partial charge in [-0.1, -0.05) is 95.9 Å². The zero-order valence-corrected chi connectivity index (χ0v) is 31.9. The van der Waals surface area contributed by atoms with Gasteiger partial charge in [-0.25, -0.2) is 9.36 Å². The van der Waals surface area contributed by atoms with Crippen LogP contribution in [0, 0.1) is 46.3 Å². The van der Waals surface area contributed by atoms with Gasteiger partial charge in [0, 0.05) is 6.42 Å². The summed E-state index contributed by atoms with van der Waals surface area (Å²) in [5.41, 5.74) is 3.62. The van der Waals surface area contributed by atoms with Crippen molar-refractivity contribution in [2.45, 2.75) is 124 Å². The largest absolute Gasteiger partial charge is 0.458 e. The molecule has 0 spiro atoms. The molecule has 0 aliphatic heterocycles. The van der Waals surface area contributed by atoms with Gasteiger partial charge in [0.05, 0.1) is 18.3 Å². The second kappa shape index (κ2) is 15.1. The molecule has 0 bridgehead atoms. The number of hydrogen-bond donors (Lipinski definition) is 0. The van der Waals surface area contributed by atoms with Crippen LogP contribution >= 0.6 is 7.60 Å². The van der Waals surface area contributed by atoms with Crippen molar-refractivity contribution < 1.29 is 23.1 Å². The lowest BCUT2D eigenvalue weighted by Crippen LogP contribution is -2.51. The third-order valence-electron chi connectivity index (χ3n) is 13.4. The number of carbonyl (C=O) groups is 1. The average molecular weight is 689 g/mol. The summed E-state index contributed by atoms with van der Waals surface area (Å²) in [7, 11) is -3.41. The van der Waals surface area contributed by atoms with Gasteiger partial charge in [0.1, 0.15) is 11.9 Å². The Balaban J connectivity index is 1.05. The van der Waals surface area contributed by atoms with E-state index in [-0.39, 0.29) is 30.3 Å². The Hall–Kier alpha value is -2.36. The lowest BCUT2D eigenvalue weighted by atomic mass is 9.47. The summed E-state index contributed by atoms with van der Waals surface area (Å²) in [5, 5.41) is 0. The molecule has 4 aliphatic carbocycles. The fraction of sp³-hybridized carbons (Fsp3) is 0.651. The van der Waals surface area contributed by atoms with Crippen LogP contribution in [0.2, 0.25) is 0 Å². The molecular formula is C43H61O5P. The Kier molecular flexibility index (Phi) is 11.2. The van der Waals surface area contributed by atoms with Crippen molar-refractivity contribution >= 4 is 13.6 Å². The van der Waals surface area contributed by atoms with Crippen LogP contribution in [0.1, 0.15) is 128 Å². The van der Waals surface area contributed by atoms with Crippen LogP contribution in [0.25, 0.3) is 0 Å². The molecule has 49 heavy (non-hydrogen) atoms. The van der Waals surface area contributed by atoms with E-state index >= 15 is 0 Å². The van der Waals surface area contributed by atoms with Crippen molar-refractivity contribution in [2.24, 2.45) is 46.3 Å². The standard InChI is InChI=1S/C43H61O5P/c1-7-46-49(45,29-32-14-9-8-10-15-32)48-35-19-16-33(17-20-35)41(44)47-36-24-26-42(5)34(28-36)18-21-37-39-23-22-38(31(4)13-11-12-30(2)3)43(39,6)27-25-40(37)42/h8-10,14-20,30-31,36-40H,7,11-13,21-29H2,1-6H3/t31-,36-,37+,38?,39+,40+,42+,43-,49?/m1/s1. The van der Waals surface area contributed by atoms with E-state index in [1.165, 1.54) is 56.9 Å².